The summed E-state index contributed by atoms with van der Waals surface area (Å²) in [7, 11) is 0. The molecule has 38 heavy (non-hydrogen) atoms. The molecule has 10 radical (unpaired) electrons. The number of hydrogen-bond acceptors (Lipinski definition) is 4. The Hall–Kier alpha value is -3.08. The van der Waals surface area contributed by atoms with Crippen LogP contribution in [-0.4, -0.2) is 12.1 Å². The second-order valence-electron chi connectivity index (χ2n) is 8.12. The van der Waals surface area contributed by atoms with Gasteiger partial charge < -0.3 is 9.47 Å². The van der Waals surface area contributed by atoms with Crippen LogP contribution in [0.1, 0.15) is 21.5 Å². The normalized spacial score (nSPS) is 14.8. The number of hydrazone groups is 1. The van der Waals surface area contributed by atoms with Crippen LogP contribution in [-0.2, 0) is 30.3 Å². The number of benzene rings is 3. The van der Waals surface area contributed by atoms with Crippen LogP contribution in [0.4, 0.5) is 0 Å². The molecular formula is C32H28FeN2O3+2. The Morgan fingerprint density at radius 3 is 1.63 bits per heavy atom. The van der Waals surface area contributed by atoms with Crippen LogP contribution < -0.4 is 14.9 Å². The fourth-order valence-electron chi connectivity index (χ4n) is 3.38. The monoisotopic (exact) mass is 544 g/mol. The van der Waals surface area contributed by atoms with Crippen molar-refractivity contribution < 1.29 is 31.3 Å². The van der Waals surface area contributed by atoms with E-state index in [2.05, 4.69) is 10.5 Å². The standard InChI is InChI=1S/C27H23N2O3.C5H5.Fe/c30-27(29-28-18-21-9-7-8-10-21)24-15-25(31-19-22-11-3-1-4-12-22)17-26(16-24)32-20-23-13-5-2-6-14-23;1-2-4-5-3-1;/h1-18H,19-20H2,(H,29,30);1-5H;/q;;+2/b28-18+;;. The van der Waals surface area contributed by atoms with Crippen LogP contribution in [0.2, 0.25) is 0 Å². The number of rotatable bonds is 9. The summed E-state index contributed by atoms with van der Waals surface area (Å²) in [6, 6.07) is 24.9. The van der Waals surface area contributed by atoms with Crippen molar-refractivity contribution in [3.05, 3.63) is 159 Å². The quantitative estimate of drug-likeness (QED) is 0.205. The molecule has 2 aliphatic carbocycles. The molecule has 2 aliphatic rings. The summed E-state index contributed by atoms with van der Waals surface area (Å²) in [5, 5.41) is 4.03. The summed E-state index contributed by atoms with van der Waals surface area (Å²) in [6.07, 6.45) is 19.2. The summed E-state index contributed by atoms with van der Waals surface area (Å²) in [5.41, 5.74) is 5.03. The van der Waals surface area contributed by atoms with Gasteiger partial charge in [0.05, 0.1) is 0 Å². The first-order valence-electron chi connectivity index (χ1n) is 12.0. The Balaban J connectivity index is 0.000000598. The maximum absolute atomic E-state index is 12.7. The Kier molecular flexibility index (Phi) is 13.0. The van der Waals surface area contributed by atoms with Gasteiger partial charge in [0.2, 0.25) is 0 Å². The van der Waals surface area contributed by atoms with Crippen molar-refractivity contribution in [3.63, 3.8) is 0 Å². The Bertz CT molecular complexity index is 1040. The van der Waals surface area contributed by atoms with Crippen molar-refractivity contribution in [2.45, 2.75) is 13.2 Å². The molecule has 0 aromatic heterocycles. The van der Waals surface area contributed by atoms with Gasteiger partial charge in [-0.3, -0.25) is 4.79 Å². The van der Waals surface area contributed by atoms with Crippen molar-refractivity contribution in [3.8, 4) is 11.5 Å². The second kappa shape index (κ2) is 16.7. The van der Waals surface area contributed by atoms with Gasteiger partial charge >= 0.3 is 17.1 Å². The molecule has 0 atom stereocenters. The summed E-state index contributed by atoms with van der Waals surface area (Å²) < 4.78 is 11.9. The summed E-state index contributed by atoms with van der Waals surface area (Å²) in [5.74, 6) is 1.66. The summed E-state index contributed by atoms with van der Waals surface area (Å²) in [6.45, 7) is 0.776. The molecule has 190 valence electrons. The Morgan fingerprint density at radius 1 is 0.684 bits per heavy atom. The van der Waals surface area contributed by atoms with Gasteiger partial charge in [0.25, 0.3) is 5.91 Å². The van der Waals surface area contributed by atoms with E-state index in [0.717, 1.165) is 17.0 Å². The molecule has 2 fully saturated rings. The number of ether oxygens (including phenoxy) is 2. The van der Waals surface area contributed by atoms with Crippen LogP contribution in [0, 0.1) is 63.7 Å². The van der Waals surface area contributed by atoms with Gasteiger partial charge in [0, 0.05) is 23.8 Å². The molecule has 3 aromatic rings. The van der Waals surface area contributed by atoms with Gasteiger partial charge in [-0.25, -0.2) is 5.43 Å². The maximum Gasteiger partial charge on any atom is 2.00 e. The minimum atomic E-state index is -0.345. The number of nitrogens with one attached hydrogen (secondary N) is 1. The molecule has 0 spiro atoms. The smallest absolute Gasteiger partial charge is 0.489 e. The Labute approximate surface area is 237 Å². The van der Waals surface area contributed by atoms with E-state index in [1.54, 1.807) is 24.4 Å². The minimum absolute atomic E-state index is 0. The van der Waals surface area contributed by atoms with Gasteiger partial charge in [-0.05, 0) is 81.0 Å². The number of carbonyl (C=O) groups is 1. The van der Waals surface area contributed by atoms with Crippen molar-refractivity contribution >= 4 is 12.1 Å². The van der Waals surface area contributed by atoms with E-state index in [0.29, 0.717) is 30.3 Å². The van der Waals surface area contributed by atoms with Crippen molar-refractivity contribution in [1.29, 1.82) is 0 Å². The zero-order chi connectivity index (χ0) is 25.5. The SMILES string of the molecule is O=C(N/N=C/[C]1[CH][CH][CH][CH]1)c1cc(OCc2ccccc2)cc(OCc2ccccc2)c1.[CH]1[CH][CH][CH][CH]1.[Fe+2]. The first-order chi connectivity index (χ1) is 18.3. The first kappa shape index (κ1) is 29.5. The van der Waals surface area contributed by atoms with Crippen LogP contribution in [0.5, 0.6) is 11.5 Å². The molecule has 0 saturated heterocycles. The largest absolute Gasteiger partial charge is 2.00 e. The first-order valence-corrected chi connectivity index (χ1v) is 12.0. The third-order valence-corrected chi connectivity index (χ3v) is 5.26. The molecule has 5 nitrogen and oxygen atoms in total. The third kappa shape index (κ3) is 10.4. The van der Waals surface area contributed by atoms with Gasteiger partial charge in [0.15, 0.2) is 0 Å². The molecule has 6 heteroatoms. The fraction of sp³-hybridized carbons (Fsp3) is 0.0625. The van der Waals surface area contributed by atoms with Gasteiger partial charge in [-0.2, -0.15) is 5.10 Å². The second-order valence-corrected chi connectivity index (χ2v) is 8.12. The van der Waals surface area contributed by atoms with Gasteiger partial charge in [-0.15, -0.1) is 0 Å². The number of amides is 1. The molecule has 5 rings (SSSR count). The molecule has 1 N–H and O–H groups in total. The van der Waals surface area contributed by atoms with Crippen LogP contribution in [0.3, 0.4) is 0 Å². The molecule has 0 unspecified atom stereocenters. The summed E-state index contributed by atoms with van der Waals surface area (Å²) in [4.78, 5) is 12.7. The number of carbonyl (C=O) groups excluding carboxylic acids is 1. The average Bonchev–Trinajstić information content (AvgIpc) is 3.70. The zero-order valence-electron chi connectivity index (χ0n) is 20.7. The van der Waals surface area contributed by atoms with Crippen molar-refractivity contribution in [2.75, 3.05) is 0 Å². The number of hydrogen-bond donors (Lipinski definition) is 1. The van der Waals surface area contributed by atoms with Crippen molar-refractivity contribution in [2.24, 2.45) is 5.10 Å². The van der Waals surface area contributed by atoms with Gasteiger partial charge in [-0.1, -0.05) is 60.7 Å². The van der Waals surface area contributed by atoms with E-state index in [-0.39, 0.29) is 23.0 Å². The molecule has 3 aromatic carbocycles. The third-order valence-electron chi connectivity index (χ3n) is 5.26. The molecule has 2 saturated carbocycles. The van der Waals surface area contributed by atoms with E-state index >= 15 is 0 Å². The average molecular weight is 544 g/mol. The van der Waals surface area contributed by atoms with E-state index in [1.165, 1.54) is 0 Å². The van der Waals surface area contributed by atoms with Gasteiger partial charge in [0.1, 0.15) is 24.7 Å². The van der Waals surface area contributed by atoms with Crippen LogP contribution in [0.15, 0.2) is 84.0 Å². The van der Waals surface area contributed by atoms with Crippen LogP contribution in [0.25, 0.3) is 0 Å². The predicted molar refractivity (Wildman–Crippen MR) is 146 cm³/mol. The Morgan fingerprint density at radius 2 is 1.16 bits per heavy atom. The molecular weight excluding hydrogens is 516 g/mol. The van der Waals surface area contributed by atoms with E-state index < -0.39 is 0 Å². The number of nitrogens with zero attached hydrogens (tertiary/aromatic N) is 1. The predicted octanol–water partition coefficient (Wildman–Crippen LogP) is 5.98. The molecule has 0 aliphatic heterocycles. The van der Waals surface area contributed by atoms with Crippen LogP contribution >= 0.6 is 0 Å². The van der Waals surface area contributed by atoms with E-state index in [9.17, 15) is 4.79 Å². The van der Waals surface area contributed by atoms with Crippen molar-refractivity contribution in [1.82, 2.24) is 5.43 Å². The van der Waals surface area contributed by atoms with E-state index in [4.69, 9.17) is 9.47 Å². The molecule has 0 bridgehead atoms. The maximum atomic E-state index is 12.7. The summed E-state index contributed by atoms with van der Waals surface area (Å²) >= 11 is 0. The van der Waals surface area contributed by atoms with E-state index in [1.807, 2.05) is 118 Å². The zero-order valence-corrected chi connectivity index (χ0v) is 21.8. The fourth-order valence-corrected chi connectivity index (χ4v) is 3.38. The minimum Gasteiger partial charge on any atom is -0.489 e. The molecule has 0 heterocycles. The topological polar surface area (TPSA) is 59.9 Å². The molecule has 1 amide bonds.